The summed E-state index contributed by atoms with van der Waals surface area (Å²) in [5.74, 6) is -0.828. The van der Waals surface area contributed by atoms with Crippen LogP contribution in [0, 0.1) is 0 Å². The SMILES string of the molecule is O=C(N/N=C(\C=N\NC(=O)c1ccc(O)cc1)c1ccccc1)c1ccc(O)cc1. The van der Waals surface area contributed by atoms with Crippen molar-refractivity contribution >= 4 is 23.7 Å². The summed E-state index contributed by atoms with van der Waals surface area (Å²) in [7, 11) is 0. The van der Waals surface area contributed by atoms with Crippen molar-refractivity contribution in [2.75, 3.05) is 0 Å². The highest BCUT2D eigenvalue weighted by atomic mass is 16.3. The van der Waals surface area contributed by atoms with Gasteiger partial charge in [-0.2, -0.15) is 10.2 Å². The number of hydrogen-bond acceptors (Lipinski definition) is 6. The molecule has 30 heavy (non-hydrogen) atoms. The topological polar surface area (TPSA) is 123 Å². The summed E-state index contributed by atoms with van der Waals surface area (Å²) >= 11 is 0. The van der Waals surface area contributed by atoms with Crippen LogP contribution < -0.4 is 10.9 Å². The predicted molar refractivity (Wildman–Crippen MR) is 113 cm³/mol. The van der Waals surface area contributed by atoms with Gasteiger partial charge < -0.3 is 10.2 Å². The zero-order valence-electron chi connectivity index (χ0n) is 15.7. The van der Waals surface area contributed by atoms with E-state index in [4.69, 9.17) is 0 Å². The number of phenols is 2. The Kier molecular flexibility index (Phi) is 6.52. The van der Waals surface area contributed by atoms with Gasteiger partial charge in [0.1, 0.15) is 17.2 Å². The van der Waals surface area contributed by atoms with Gasteiger partial charge in [-0.05, 0) is 48.5 Å². The third kappa shape index (κ3) is 5.52. The molecule has 0 spiro atoms. The number of rotatable bonds is 6. The lowest BCUT2D eigenvalue weighted by molar-refractivity contribution is 0.0946. The summed E-state index contributed by atoms with van der Waals surface area (Å²) in [6.07, 6.45) is 1.31. The largest absolute Gasteiger partial charge is 0.508 e. The maximum Gasteiger partial charge on any atom is 0.271 e. The fourth-order valence-corrected chi connectivity index (χ4v) is 2.39. The molecular formula is C22H18N4O4. The Balaban J connectivity index is 1.73. The highest BCUT2D eigenvalue weighted by Gasteiger charge is 2.07. The van der Waals surface area contributed by atoms with Gasteiger partial charge in [-0.1, -0.05) is 30.3 Å². The van der Waals surface area contributed by atoms with Gasteiger partial charge in [0.05, 0.1) is 6.21 Å². The molecule has 150 valence electrons. The number of amides is 2. The van der Waals surface area contributed by atoms with E-state index >= 15 is 0 Å². The highest BCUT2D eigenvalue weighted by molar-refractivity contribution is 6.38. The monoisotopic (exact) mass is 402 g/mol. The standard InChI is InChI=1S/C22H18N4O4/c27-18-10-6-16(7-11-18)21(29)25-23-14-20(15-4-2-1-3-5-15)24-26-22(30)17-8-12-19(28)13-9-17/h1-14,27-28H,(H,25,29)(H,26,30)/b23-14+,24-20+. The maximum atomic E-state index is 12.3. The Morgan fingerprint density at radius 1 is 0.667 bits per heavy atom. The summed E-state index contributed by atoms with van der Waals surface area (Å²) < 4.78 is 0. The molecule has 0 bridgehead atoms. The van der Waals surface area contributed by atoms with Crippen LogP contribution in [0.2, 0.25) is 0 Å². The molecule has 0 aliphatic rings. The molecule has 0 saturated carbocycles. The Labute approximate surface area is 172 Å². The first kappa shape index (κ1) is 20.3. The molecule has 4 N–H and O–H groups in total. The van der Waals surface area contributed by atoms with Crippen LogP contribution in [0.5, 0.6) is 11.5 Å². The molecule has 0 aromatic heterocycles. The molecule has 2 amide bonds. The van der Waals surface area contributed by atoms with E-state index in [1.165, 1.54) is 54.7 Å². The minimum Gasteiger partial charge on any atom is -0.508 e. The van der Waals surface area contributed by atoms with Crippen molar-refractivity contribution in [3.05, 3.63) is 95.6 Å². The number of nitrogens with one attached hydrogen (secondary N) is 2. The second-order valence-corrected chi connectivity index (χ2v) is 6.10. The van der Waals surface area contributed by atoms with Gasteiger partial charge in [0.25, 0.3) is 11.8 Å². The van der Waals surface area contributed by atoms with Gasteiger partial charge in [-0.3, -0.25) is 9.59 Å². The van der Waals surface area contributed by atoms with E-state index in [0.717, 1.165) is 0 Å². The maximum absolute atomic E-state index is 12.3. The number of hydrazone groups is 2. The van der Waals surface area contributed by atoms with Gasteiger partial charge in [0.15, 0.2) is 0 Å². The molecule has 0 unspecified atom stereocenters. The Morgan fingerprint density at radius 2 is 1.17 bits per heavy atom. The van der Waals surface area contributed by atoms with E-state index in [1.807, 2.05) is 6.07 Å². The molecule has 3 aromatic rings. The fourth-order valence-electron chi connectivity index (χ4n) is 2.39. The van der Waals surface area contributed by atoms with E-state index in [-0.39, 0.29) is 11.5 Å². The van der Waals surface area contributed by atoms with Crippen LogP contribution in [0.3, 0.4) is 0 Å². The summed E-state index contributed by atoms with van der Waals surface area (Å²) in [4.78, 5) is 24.4. The molecular weight excluding hydrogens is 384 g/mol. The van der Waals surface area contributed by atoms with Crippen molar-refractivity contribution in [2.24, 2.45) is 10.2 Å². The lowest BCUT2D eigenvalue weighted by Gasteiger charge is -2.04. The summed E-state index contributed by atoms with van der Waals surface area (Å²) in [6.45, 7) is 0. The van der Waals surface area contributed by atoms with E-state index < -0.39 is 11.8 Å². The van der Waals surface area contributed by atoms with Crippen LogP contribution in [0.25, 0.3) is 0 Å². The molecule has 0 radical (unpaired) electrons. The predicted octanol–water partition coefficient (Wildman–Crippen LogP) is 2.65. The van der Waals surface area contributed by atoms with Crippen LogP contribution in [0.15, 0.2) is 89.1 Å². The first-order chi connectivity index (χ1) is 14.5. The highest BCUT2D eigenvalue weighted by Crippen LogP contribution is 2.10. The van der Waals surface area contributed by atoms with Crippen LogP contribution >= 0.6 is 0 Å². The van der Waals surface area contributed by atoms with E-state index in [0.29, 0.717) is 22.4 Å². The zero-order valence-corrected chi connectivity index (χ0v) is 15.7. The Bertz CT molecular complexity index is 1080. The van der Waals surface area contributed by atoms with Crippen molar-refractivity contribution in [1.82, 2.24) is 10.9 Å². The summed E-state index contributed by atoms with van der Waals surface area (Å²) in [5.41, 5.74) is 6.43. The van der Waals surface area contributed by atoms with Crippen molar-refractivity contribution in [2.45, 2.75) is 0 Å². The fraction of sp³-hybridized carbons (Fsp3) is 0. The molecule has 0 aliphatic carbocycles. The molecule has 0 saturated heterocycles. The number of carbonyl (C=O) groups excluding carboxylic acids is 2. The van der Waals surface area contributed by atoms with Crippen LogP contribution in [0.1, 0.15) is 26.3 Å². The Morgan fingerprint density at radius 3 is 1.70 bits per heavy atom. The number of benzene rings is 3. The molecule has 0 heterocycles. The third-order valence-electron chi connectivity index (χ3n) is 3.96. The van der Waals surface area contributed by atoms with Crippen LogP contribution in [0.4, 0.5) is 0 Å². The number of hydrogen-bond donors (Lipinski definition) is 4. The molecule has 0 aliphatic heterocycles. The van der Waals surface area contributed by atoms with E-state index in [9.17, 15) is 19.8 Å². The number of phenolic OH excluding ortho intramolecular Hbond substituents is 2. The normalized spacial score (nSPS) is 11.3. The van der Waals surface area contributed by atoms with Crippen molar-refractivity contribution < 1.29 is 19.8 Å². The van der Waals surface area contributed by atoms with Crippen LogP contribution in [-0.2, 0) is 0 Å². The van der Waals surface area contributed by atoms with E-state index in [1.54, 1.807) is 24.3 Å². The number of carbonyl (C=O) groups is 2. The van der Waals surface area contributed by atoms with E-state index in [2.05, 4.69) is 21.1 Å². The first-order valence-electron chi connectivity index (χ1n) is 8.88. The molecule has 8 heteroatoms. The van der Waals surface area contributed by atoms with Crippen molar-refractivity contribution in [3.63, 3.8) is 0 Å². The molecule has 0 atom stereocenters. The second-order valence-electron chi connectivity index (χ2n) is 6.10. The number of aromatic hydroxyl groups is 2. The summed E-state index contributed by atoms with van der Waals surface area (Å²) in [5, 5.41) is 26.6. The van der Waals surface area contributed by atoms with Crippen molar-refractivity contribution in [1.29, 1.82) is 0 Å². The minimum atomic E-state index is -0.468. The lowest BCUT2D eigenvalue weighted by atomic mass is 10.1. The van der Waals surface area contributed by atoms with Crippen LogP contribution in [-0.4, -0.2) is 34.0 Å². The second kappa shape index (κ2) is 9.65. The minimum absolute atomic E-state index is 0.0523. The van der Waals surface area contributed by atoms with Gasteiger partial charge in [0.2, 0.25) is 0 Å². The average Bonchev–Trinajstić information content (AvgIpc) is 2.77. The van der Waals surface area contributed by atoms with Gasteiger partial charge in [-0.25, -0.2) is 10.9 Å². The zero-order chi connectivity index (χ0) is 21.3. The molecule has 3 aromatic carbocycles. The molecule has 0 fully saturated rings. The van der Waals surface area contributed by atoms with Gasteiger partial charge in [0, 0.05) is 16.7 Å². The summed E-state index contributed by atoms with van der Waals surface area (Å²) in [6, 6.07) is 20.4. The Hall–Kier alpha value is -4.46. The third-order valence-corrected chi connectivity index (χ3v) is 3.96. The van der Waals surface area contributed by atoms with Crippen molar-refractivity contribution in [3.8, 4) is 11.5 Å². The van der Waals surface area contributed by atoms with Gasteiger partial charge >= 0.3 is 0 Å². The number of nitrogens with zero attached hydrogens (tertiary/aromatic N) is 2. The molecule has 8 nitrogen and oxygen atoms in total. The van der Waals surface area contributed by atoms with Gasteiger partial charge in [-0.15, -0.1) is 0 Å². The quantitative estimate of drug-likeness (QED) is 0.374. The lowest BCUT2D eigenvalue weighted by Crippen LogP contribution is -2.22. The first-order valence-corrected chi connectivity index (χ1v) is 8.88. The smallest absolute Gasteiger partial charge is 0.271 e. The average molecular weight is 402 g/mol. The molecule has 3 rings (SSSR count).